The van der Waals surface area contributed by atoms with E-state index in [0.717, 1.165) is 22.7 Å². The molecule has 2 amide bonds. The van der Waals surface area contributed by atoms with E-state index in [2.05, 4.69) is 10.4 Å². The molecule has 148 valence electrons. The van der Waals surface area contributed by atoms with E-state index >= 15 is 0 Å². The van der Waals surface area contributed by atoms with Gasteiger partial charge in [-0.3, -0.25) is 9.59 Å². The van der Waals surface area contributed by atoms with Crippen molar-refractivity contribution >= 4 is 17.5 Å². The fraction of sp³-hybridized carbons (Fsp3) is 0.227. The van der Waals surface area contributed by atoms with E-state index in [-0.39, 0.29) is 24.2 Å². The lowest BCUT2D eigenvalue weighted by molar-refractivity contribution is -0.126. The molecule has 0 spiro atoms. The summed E-state index contributed by atoms with van der Waals surface area (Å²) in [5.74, 6) is 0.227. The topological polar surface area (TPSA) is 76.5 Å². The molecule has 1 aromatic heterocycles. The fourth-order valence-corrected chi connectivity index (χ4v) is 3.42. The Morgan fingerprint density at radius 2 is 1.86 bits per heavy atom. The molecule has 1 atom stereocenters. The van der Waals surface area contributed by atoms with Crippen LogP contribution in [0.4, 0.5) is 5.69 Å². The number of methoxy groups -OCH3 is 1. The van der Waals surface area contributed by atoms with E-state index in [1.54, 1.807) is 22.9 Å². The minimum absolute atomic E-state index is 0.0427. The van der Waals surface area contributed by atoms with Crippen molar-refractivity contribution in [3.05, 3.63) is 72.6 Å². The smallest absolute Gasteiger partial charge is 0.227 e. The molecule has 1 saturated heterocycles. The Balaban J connectivity index is 1.33. The number of benzene rings is 2. The Morgan fingerprint density at radius 3 is 2.52 bits per heavy atom. The van der Waals surface area contributed by atoms with Crippen molar-refractivity contribution in [3.63, 3.8) is 0 Å². The van der Waals surface area contributed by atoms with Crippen molar-refractivity contribution in [1.29, 1.82) is 0 Å². The summed E-state index contributed by atoms with van der Waals surface area (Å²) in [6, 6.07) is 17.0. The van der Waals surface area contributed by atoms with Crippen LogP contribution >= 0.6 is 0 Å². The minimum atomic E-state index is -0.354. The number of aromatic nitrogens is 2. The van der Waals surface area contributed by atoms with Crippen LogP contribution in [0.2, 0.25) is 0 Å². The van der Waals surface area contributed by atoms with Crippen LogP contribution in [-0.2, 0) is 16.1 Å². The third-order valence-corrected chi connectivity index (χ3v) is 5.05. The van der Waals surface area contributed by atoms with E-state index < -0.39 is 0 Å². The highest BCUT2D eigenvalue weighted by Gasteiger charge is 2.34. The van der Waals surface area contributed by atoms with Gasteiger partial charge in [-0.2, -0.15) is 5.10 Å². The van der Waals surface area contributed by atoms with Gasteiger partial charge in [-0.05, 0) is 48.0 Å². The van der Waals surface area contributed by atoms with Crippen LogP contribution in [0.1, 0.15) is 12.0 Å². The number of nitrogens with zero attached hydrogens (tertiary/aromatic N) is 3. The second-order valence-electron chi connectivity index (χ2n) is 6.94. The van der Waals surface area contributed by atoms with Gasteiger partial charge in [0.1, 0.15) is 5.75 Å². The molecule has 1 unspecified atom stereocenters. The number of hydrogen-bond acceptors (Lipinski definition) is 4. The second-order valence-corrected chi connectivity index (χ2v) is 6.94. The van der Waals surface area contributed by atoms with Gasteiger partial charge in [0.05, 0.1) is 18.7 Å². The van der Waals surface area contributed by atoms with E-state index in [0.29, 0.717) is 13.1 Å². The van der Waals surface area contributed by atoms with Crippen LogP contribution in [0.25, 0.3) is 5.69 Å². The van der Waals surface area contributed by atoms with E-state index in [1.807, 2.05) is 60.8 Å². The summed E-state index contributed by atoms with van der Waals surface area (Å²) in [6.45, 7) is 0.806. The Kier molecular flexibility index (Phi) is 5.29. The molecule has 2 aromatic carbocycles. The van der Waals surface area contributed by atoms with Crippen molar-refractivity contribution in [2.24, 2.45) is 5.92 Å². The molecule has 7 nitrogen and oxygen atoms in total. The molecular formula is C22H22N4O3. The van der Waals surface area contributed by atoms with Gasteiger partial charge in [0, 0.05) is 37.6 Å². The lowest BCUT2D eigenvalue weighted by Gasteiger charge is -2.17. The quantitative estimate of drug-likeness (QED) is 0.702. The first-order chi connectivity index (χ1) is 14.1. The lowest BCUT2D eigenvalue weighted by atomic mass is 10.1. The van der Waals surface area contributed by atoms with Crippen LogP contribution in [0, 0.1) is 5.92 Å². The molecule has 0 saturated carbocycles. The highest BCUT2D eigenvalue weighted by molar-refractivity contribution is 6.00. The van der Waals surface area contributed by atoms with Crippen LogP contribution in [0.5, 0.6) is 5.75 Å². The highest BCUT2D eigenvalue weighted by atomic mass is 16.5. The zero-order chi connectivity index (χ0) is 20.2. The van der Waals surface area contributed by atoms with Gasteiger partial charge in [-0.25, -0.2) is 4.68 Å². The van der Waals surface area contributed by atoms with Crippen LogP contribution in [-0.4, -0.2) is 35.2 Å². The normalized spacial score (nSPS) is 16.1. The maximum Gasteiger partial charge on any atom is 0.227 e. The van der Waals surface area contributed by atoms with E-state index in [9.17, 15) is 9.59 Å². The number of nitrogens with one attached hydrogen (secondary N) is 1. The van der Waals surface area contributed by atoms with E-state index in [4.69, 9.17) is 4.74 Å². The zero-order valence-electron chi connectivity index (χ0n) is 16.1. The molecule has 0 radical (unpaired) electrons. The van der Waals surface area contributed by atoms with E-state index in [1.165, 1.54) is 0 Å². The number of rotatable bonds is 6. The highest BCUT2D eigenvalue weighted by Crippen LogP contribution is 2.27. The molecule has 3 aromatic rings. The largest absolute Gasteiger partial charge is 0.497 e. The Labute approximate surface area is 168 Å². The first-order valence-corrected chi connectivity index (χ1v) is 9.45. The van der Waals surface area contributed by atoms with Crippen molar-refractivity contribution in [1.82, 2.24) is 15.1 Å². The van der Waals surface area contributed by atoms with Crippen LogP contribution < -0.4 is 15.0 Å². The van der Waals surface area contributed by atoms with Crippen LogP contribution in [0.3, 0.4) is 0 Å². The second kappa shape index (κ2) is 8.18. The molecule has 1 N–H and O–H groups in total. The predicted molar refractivity (Wildman–Crippen MR) is 109 cm³/mol. The van der Waals surface area contributed by atoms with Gasteiger partial charge in [0.2, 0.25) is 11.8 Å². The van der Waals surface area contributed by atoms with Gasteiger partial charge >= 0.3 is 0 Å². The van der Waals surface area contributed by atoms with Crippen molar-refractivity contribution in [2.45, 2.75) is 13.0 Å². The van der Waals surface area contributed by atoms with Crippen molar-refractivity contribution in [2.75, 3.05) is 18.6 Å². The fourth-order valence-electron chi connectivity index (χ4n) is 3.42. The lowest BCUT2D eigenvalue weighted by Crippen LogP contribution is -2.32. The Hall–Kier alpha value is -3.61. The molecule has 1 fully saturated rings. The monoisotopic (exact) mass is 390 g/mol. The average Bonchev–Trinajstić information content (AvgIpc) is 3.43. The number of hydrogen-bond donors (Lipinski definition) is 1. The van der Waals surface area contributed by atoms with Gasteiger partial charge in [0.15, 0.2) is 0 Å². The molecule has 1 aliphatic rings. The summed E-state index contributed by atoms with van der Waals surface area (Å²) in [6.07, 6.45) is 3.82. The number of carbonyl (C=O) groups excluding carboxylic acids is 2. The Bertz CT molecular complexity index is 982. The maximum absolute atomic E-state index is 12.6. The Morgan fingerprint density at radius 1 is 1.14 bits per heavy atom. The van der Waals surface area contributed by atoms with Gasteiger partial charge < -0.3 is 15.0 Å². The first kappa shape index (κ1) is 18.7. The molecular weight excluding hydrogens is 368 g/mol. The number of anilines is 1. The van der Waals surface area contributed by atoms with Crippen molar-refractivity contribution in [3.8, 4) is 11.4 Å². The van der Waals surface area contributed by atoms with Crippen LogP contribution in [0.15, 0.2) is 67.0 Å². The van der Waals surface area contributed by atoms with Gasteiger partial charge in [0.25, 0.3) is 0 Å². The first-order valence-electron chi connectivity index (χ1n) is 9.45. The summed E-state index contributed by atoms with van der Waals surface area (Å²) >= 11 is 0. The predicted octanol–water partition coefficient (Wildman–Crippen LogP) is 2.55. The average molecular weight is 390 g/mol. The summed E-state index contributed by atoms with van der Waals surface area (Å²) in [5.41, 5.74) is 2.73. The number of ether oxygens (including phenoxy) is 1. The molecule has 4 rings (SSSR count). The molecule has 7 heteroatoms. The van der Waals surface area contributed by atoms with Gasteiger partial charge in [-0.1, -0.05) is 12.1 Å². The third kappa shape index (κ3) is 4.13. The number of carbonyl (C=O) groups is 2. The summed E-state index contributed by atoms with van der Waals surface area (Å²) < 4.78 is 6.93. The van der Waals surface area contributed by atoms with Gasteiger partial charge in [-0.15, -0.1) is 0 Å². The number of amides is 2. The standard InChI is InChI=1S/C22H22N4O3/c1-29-20-9-7-18(8-10-20)25-15-17(13-21(25)27)22(28)23-14-16-3-5-19(6-4-16)26-12-2-11-24-26/h2-12,17H,13-15H2,1H3,(H,23,28). The molecule has 2 heterocycles. The molecule has 0 aliphatic carbocycles. The minimum Gasteiger partial charge on any atom is -0.497 e. The molecule has 0 bridgehead atoms. The summed E-state index contributed by atoms with van der Waals surface area (Å²) in [7, 11) is 1.60. The summed E-state index contributed by atoms with van der Waals surface area (Å²) in [5, 5.41) is 7.14. The third-order valence-electron chi connectivity index (χ3n) is 5.05. The summed E-state index contributed by atoms with van der Waals surface area (Å²) in [4.78, 5) is 26.6. The van der Waals surface area contributed by atoms with Crippen molar-refractivity contribution < 1.29 is 14.3 Å². The molecule has 29 heavy (non-hydrogen) atoms. The SMILES string of the molecule is COc1ccc(N2CC(C(=O)NCc3ccc(-n4cccn4)cc3)CC2=O)cc1. The zero-order valence-corrected chi connectivity index (χ0v) is 16.1. The maximum atomic E-state index is 12.6. The molecule has 1 aliphatic heterocycles.